The third-order valence-corrected chi connectivity index (χ3v) is 1.95. The summed E-state index contributed by atoms with van der Waals surface area (Å²) in [6, 6.07) is 0. The van der Waals surface area contributed by atoms with E-state index in [1.165, 1.54) is 0 Å². The molecule has 1 aliphatic heterocycles. The summed E-state index contributed by atoms with van der Waals surface area (Å²) < 4.78 is 5.39. The maximum atomic E-state index is 5.41. The van der Waals surface area contributed by atoms with Crippen molar-refractivity contribution in [1.82, 2.24) is 5.32 Å². The van der Waals surface area contributed by atoms with E-state index < -0.39 is 0 Å². The van der Waals surface area contributed by atoms with Gasteiger partial charge in [0.25, 0.3) is 0 Å². The van der Waals surface area contributed by atoms with Gasteiger partial charge in [-0.15, -0.1) is 0 Å². The van der Waals surface area contributed by atoms with Gasteiger partial charge in [-0.05, 0) is 0 Å². The van der Waals surface area contributed by atoms with Gasteiger partial charge < -0.3 is 10.5 Å². The SMILES string of the molecule is CC(CC(N)=S)C1NCCO1. The van der Waals surface area contributed by atoms with Crippen LogP contribution in [0.3, 0.4) is 0 Å². The van der Waals surface area contributed by atoms with Crippen molar-refractivity contribution < 1.29 is 4.74 Å². The summed E-state index contributed by atoms with van der Waals surface area (Å²) in [7, 11) is 0. The largest absolute Gasteiger partial charge is 0.393 e. The van der Waals surface area contributed by atoms with Gasteiger partial charge in [0, 0.05) is 18.9 Å². The molecule has 0 saturated carbocycles. The molecule has 0 spiro atoms. The highest BCUT2D eigenvalue weighted by atomic mass is 32.1. The van der Waals surface area contributed by atoms with Crippen LogP contribution in [0.25, 0.3) is 0 Å². The highest BCUT2D eigenvalue weighted by Crippen LogP contribution is 2.12. The highest BCUT2D eigenvalue weighted by molar-refractivity contribution is 7.80. The number of hydrogen-bond acceptors (Lipinski definition) is 3. The molecule has 3 N–H and O–H groups in total. The van der Waals surface area contributed by atoms with Crippen LogP contribution in [0.5, 0.6) is 0 Å². The first-order valence-corrected chi connectivity index (χ1v) is 4.24. The number of nitrogens with one attached hydrogen (secondary N) is 1. The lowest BCUT2D eigenvalue weighted by Crippen LogP contribution is -2.32. The average molecular weight is 174 g/mol. The number of rotatable bonds is 3. The lowest BCUT2D eigenvalue weighted by atomic mass is 10.1. The second kappa shape index (κ2) is 3.99. The van der Waals surface area contributed by atoms with Crippen molar-refractivity contribution >= 4 is 17.2 Å². The van der Waals surface area contributed by atoms with Crippen LogP contribution in [0.15, 0.2) is 0 Å². The minimum atomic E-state index is 0.150. The van der Waals surface area contributed by atoms with Gasteiger partial charge in [0.1, 0.15) is 6.23 Å². The molecule has 1 rings (SSSR count). The molecule has 1 heterocycles. The Labute approximate surface area is 72.3 Å². The monoisotopic (exact) mass is 174 g/mol. The van der Waals surface area contributed by atoms with Crippen molar-refractivity contribution in [3.8, 4) is 0 Å². The van der Waals surface area contributed by atoms with Crippen molar-refractivity contribution in [2.75, 3.05) is 13.2 Å². The molecular weight excluding hydrogens is 160 g/mol. The molecule has 0 aromatic carbocycles. The summed E-state index contributed by atoms with van der Waals surface area (Å²) >= 11 is 4.80. The molecule has 11 heavy (non-hydrogen) atoms. The van der Waals surface area contributed by atoms with E-state index in [-0.39, 0.29) is 6.23 Å². The standard InChI is InChI=1S/C7H14N2OS/c1-5(4-6(8)11)7-9-2-3-10-7/h5,7,9H,2-4H2,1H3,(H2,8,11). The Morgan fingerprint density at radius 1 is 1.91 bits per heavy atom. The zero-order valence-electron chi connectivity index (χ0n) is 6.67. The number of thiocarbonyl (C=S) groups is 1. The molecule has 0 aliphatic carbocycles. The van der Waals surface area contributed by atoms with Crippen molar-refractivity contribution in [2.24, 2.45) is 11.7 Å². The molecule has 1 aliphatic rings. The van der Waals surface area contributed by atoms with Crippen LogP contribution in [0.4, 0.5) is 0 Å². The molecule has 2 atom stereocenters. The number of nitrogens with two attached hydrogens (primary N) is 1. The van der Waals surface area contributed by atoms with Crippen molar-refractivity contribution in [2.45, 2.75) is 19.6 Å². The van der Waals surface area contributed by atoms with Crippen molar-refractivity contribution in [3.63, 3.8) is 0 Å². The Kier molecular flexibility index (Phi) is 3.23. The van der Waals surface area contributed by atoms with Gasteiger partial charge in [-0.25, -0.2) is 0 Å². The Morgan fingerprint density at radius 2 is 2.64 bits per heavy atom. The van der Waals surface area contributed by atoms with Gasteiger partial charge in [-0.1, -0.05) is 19.1 Å². The lowest BCUT2D eigenvalue weighted by Gasteiger charge is -2.17. The molecule has 0 aromatic rings. The van der Waals surface area contributed by atoms with E-state index in [1.54, 1.807) is 0 Å². The predicted octanol–water partition coefficient (Wildman–Crippen LogP) is 0.245. The van der Waals surface area contributed by atoms with Crippen molar-refractivity contribution in [3.05, 3.63) is 0 Å². The zero-order valence-corrected chi connectivity index (χ0v) is 7.49. The van der Waals surface area contributed by atoms with E-state index in [4.69, 9.17) is 22.7 Å². The van der Waals surface area contributed by atoms with Gasteiger partial charge in [-0.2, -0.15) is 0 Å². The first-order chi connectivity index (χ1) is 5.20. The van der Waals surface area contributed by atoms with E-state index in [9.17, 15) is 0 Å². The van der Waals surface area contributed by atoms with Crippen LogP contribution in [0.2, 0.25) is 0 Å². The molecule has 0 aromatic heterocycles. The van der Waals surface area contributed by atoms with E-state index in [0.29, 0.717) is 10.9 Å². The Balaban J connectivity index is 2.28. The third kappa shape index (κ3) is 2.73. The molecule has 0 bridgehead atoms. The van der Waals surface area contributed by atoms with Gasteiger partial charge in [0.05, 0.1) is 11.6 Å². The van der Waals surface area contributed by atoms with Crippen LogP contribution in [-0.2, 0) is 4.74 Å². The Morgan fingerprint density at radius 3 is 3.09 bits per heavy atom. The smallest absolute Gasteiger partial charge is 0.111 e. The average Bonchev–Trinajstić information content (AvgIpc) is 2.35. The van der Waals surface area contributed by atoms with Crippen LogP contribution in [-0.4, -0.2) is 24.4 Å². The molecule has 4 heteroatoms. The highest BCUT2D eigenvalue weighted by Gasteiger charge is 2.21. The summed E-state index contributed by atoms with van der Waals surface area (Å²) in [5, 5.41) is 3.22. The lowest BCUT2D eigenvalue weighted by molar-refractivity contribution is 0.0611. The molecule has 1 fully saturated rings. The second-order valence-electron chi connectivity index (χ2n) is 2.89. The molecular formula is C7H14N2OS. The summed E-state index contributed by atoms with van der Waals surface area (Å²) in [4.78, 5) is 0.565. The van der Waals surface area contributed by atoms with Crippen LogP contribution >= 0.6 is 12.2 Å². The van der Waals surface area contributed by atoms with Crippen LogP contribution < -0.4 is 11.1 Å². The molecule has 0 radical (unpaired) electrons. The molecule has 1 saturated heterocycles. The fourth-order valence-corrected chi connectivity index (χ4v) is 1.50. The first-order valence-electron chi connectivity index (χ1n) is 3.83. The Hall–Kier alpha value is -0.190. The topological polar surface area (TPSA) is 47.3 Å². The number of ether oxygens (including phenoxy) is 1. The maximum absolute atomic E-state index is 5.41. The normalized spacial score (nSPS) is 26.8. The van der Waals surface area contributed by atoms with Gasteiger partial charge in [0.2, 0.25) is 0 Å². The summed E-state index contributed by atoms with van der Waals surface area (Å²) in [5.41, 5.74) is 5.41. The van der Waals surface area contributed by atoms with Crippen molar-refractivity contribution in [1.29, 1.82) is 0 Å². The third-order valence-electron chi connectivity index (χ3n) is 1.78. The van der Waals surface area contributed by atoms with Crippen LogP contribution in [0, 0.1) is 5.92 Å². The summed E-state index contributed by atoms with van der Waals surface area (Å²) in [6.45, 7) is 3.82. The maximum Gasteiger partial charge on any atom is 0.111 e. The van der Waals surface area contributed by atoms with Gasteiger partial charge in [0.15, 0.2) is 0 Å². The zero-order chi connectivity index (χ0) is 8.27. The van der Waals surface area contributed by atoms with Gasteiger partial charge in [-0.3, -0.25) is 5.32 Å². The molecule has 3 nitrogen and oxygen atoms in total. The van der Waals surface area contributed by atoms with E-state index >= 15 is 0 Å². The van der Waals surface area contributed by atoms with E-state index in [0.717, 1.165) is 19.6 Å². The quantitative estimate of drug-likeness (QED) is 0.602. The summed E-state index contributed by atoms with van der Waals surface area (Å²) in [5.74, 6) is 0.384. The fraction of sp³-hybridized carbons (Fsp3) is 0.857. The van der Waals surface area contributed by atoms with E-state index in [2.05, 4.69) is 12.2 Å². The Bertz CT molecular complexity index is 145. The first kappa shape index (κ1) is 8.90. The summed E-state index contributed by atoms with van der Waals surface area (Å²) in [6.07, 6.45) is 0.906. The molecule has 0 amide bonds. The minimum Gasteiger partial charge on any atom is -0.393 e. The van der Waals surface area contributed by atoms with Gasteiger partial charge >= 0.3 is 0 Å². The number of hydrogen-bond donors (Lipinski definition) is 2. The fourth-order valence-electron chi connectivity index (χ4n) is 1.24. The molecule has 64 valence electrons. The minimum absolute atomic E-state index is 0.150. The molecule has 2 unspecified atom stereocenters. The second-order valence-corrected chi connectivity index (χ2v) is 3.42. The predicted molar refractivity (Wildman–Crippen MR) is 48.3 cm³/mol. The van der Waals surface area contributed by atoms with Crippen LogP contribution in [0.1, 0.15) is 13.3 Å². The van der Waals surface area contributed by atoms with E-state index in [1.807, 2.05) is 0 Å².